The fraction of sp³-hybridized carbons (Fsp3) is 0.0857. The summed E-state index contributed by atoms with van der Waals surface area (Å²) in [4.78, 5) is 0. The van der Waals surface area contributed by atoms with E-state index in [0.29, 0.717) is 0 Å². The number of rotatable bonds is 2. The van der Waals surface area contributed by atoms with Gasteiger partial charge in [-0.3, -0.25) is 0 Å². The van der Waals surface area contributed by atoms with E-state index in [2.05, 4.69) is 122 Å². The van der Waals surface area contributed by atoms with Crippen LogP contribution < -0.4 is 0 Å². The molecule has 1 aliphatic rings. The first-order valence-corrected chi connectivity index (χ1v) is 12.9. The monoisotopic (exact) mass is 475 g/mol. The summed E-state index contributed by atoms with van der Waals surface area (Å²) in [6.45, 7) is 4.70. The van der Waals surface area contributed by atoms with Gasteiger partial charge in [0.15, 0.2) is 5.58 Å². The number of nitrogens with zero attached hydrogens (tertiary/aromatic N) is 1. The van der Waals surface area contributed by atoms with Crippen LogP contribution in [0.1, 0.15) is 25.0 Å². The molecule has 0 radical (unpaired) electrons. The average molecular weight is 476 g/mol. The van der Waals surface area contributed by atoms with Gasteiger partial charge in [0.2, 0.25) is 0 Å². The molecule has 37 heavy (non-hydrogen) atoms. The molecule has 0 saturated heterocycles. The smallest absolute Gasteiger partial charge is 0.161 e. The topological polar surface area (TPSA) is 18.1 Å². The highest BCUT2D eigenvalue weighted by molar-refractivity contribution is 6.16. The number of furan rings is 1. The second-order valence-corrected chi connectivity index (χ2v) is 10.6. The van der Waals surface area contributed by atoms with Gasteiger partial charge in [-0.05, 0) is 69.8 Å². The highest BCUT2D eigenvalue weighted by Gasteiger charge is 2.37. The van der Waals surface area contributed by atoms with Gasteiger partial charge in [-0.15, -0.1) is 0 Å². The molecule has 0 aliphatic heterocycles. The van der Waals surface area contributed by atoms with Gasteiger partial charge in [0.05, 0.1) is 5.52 Å². The van der Waals surface area contributed by atoms with Crippen LogP contribution in [0.15, 0.2) is 120 Å². The van der Waals surface area contributed by atoms with Gasteiger partial charge in [0.1, 0.15) is 11.1 Å². The maximum atomic E-state index is 6.34. The molecule has 0 amide bonds. The molecule has 5 aromatic carbocycles. The fourth-order valence-corrected chi connectivity index (χ4v) is 6.56. The van der Waals surface area contributed by atoms with Crippen molar-refractivity contribution in [2.24, 2.45) is 0 Å². The summed E-state index contributed by atoms with van der Waals surface area (Å²) in [5.41, 5.74) is 13.3. The highest BCUT2D eigenvalue weighted by atomic mass is 16.3. The third-order valence-electron chi connectivity index (χ3n) is 8.20. The van der Waals surface area contributed by atoms with Crippen molar-refractivity contribution in [3.8, 4) is 27.9 Å². The van der Waals surface area contributed by atoms with Gasteiger partial charge in [0.25, 0.3) is 0 Å². The van der Waals surface area contributed by atoms with E-state index in [4.69, 9.17) is 4.42 Å². The summed E-state index contributed by atoms with van der Waals surface area (Å²) in [6.07, 6.45) is 0. The lowest BCUT2D eigenvalue weighted by Crippen LogP contribution is -2.16. The standard InChI is InChI=1S/C35H25NO/c1-35(2)29-15-6-3-10-25(29)26-14-9-13-24(32(26)35)22-18-20-23(21-19-22)36-30-16-7-4-11-27(30)34-33(36)28-12-5-8-17-31(28)37-34/h3-21H,1-2H3. The molecule has 2 nitrogen and oxygen atoms in total. The van der Waals surface area contributed by atoms with Crippen LogP contribution in [0.5, 0.6) is 0 Å². The van der Waals surface area contributed by atoms with Gasteiger partial charge in [-0.25, -0.2) is 0 Å². The third kappa shape index (κ3) is 2.70. The number of fused-ring (bicyclic) bond motifs is 8. The lowest BCUT2D eigenvalue weighted by molar-refractivity contribution is 0.662. The molecule has 1 aliphatic carbocycles. The van der Waals surface area contributed by atoms with Crippen molar-refractivity contribution >= 4 is 33.0 Å². The Morgan fingerprint density at radius 2 is 1.27 bits per heavy atom. The number of hydrogen-bond donors (Lipinski definition) is 0. The van der Waals surface area contributed by atoms with Crippen molar-refractivity contribution < 1.29 is 4.42 Å². The SMILES string of the molecule is CC1(C)c2ccccc2-c2cccc(-c3ccc(-n4c5ccccc5c5oc6ccccc6c54)cc3)c21. The Kier molecular flexibility index (Phi) is 4.03. The first kappa shape index (κ1) is 20.6. The van der Waals surface area contributed by atoms with Crippen molar-refractivity contribution in [1.29, 1.82) is 0 Å². The lowest BCUT2D eigenvalue weighted by Gasteiger charge is -2.24. The quantitative estimate of drug-likeness (QED) is 0.243. The van der Waals surface area contributed by atoms with Gasteiger partial charge in [-0.1, -0.05) is 92.7 Å². The summed E-state index contributed by atoms with van der Waals surface area (Å²) in [7, 11) is 0. The van der Waals surface area contributed by atoms with E-state index in [0.717, 1.165) is 38.7 Å². The van der Waals surface area contributed by atoms with Crippen LogP contribution in [-0.4, -0.2) is 4.57 Å². The van der Waals surface area contributed by atoms with Crippen LogP contribution in [0.2, 0.25) is 0 Å². The largest absolute Gasteiger partial charge is 0.454 e. The van der Waals surface area contributed by atoms with E-state index in [-0.39, 0.29) is 5.41 Å². The minimum atomic E-state index is -0.0420. The molecule has 0 spiro atoms. The van der Waals surface area contributed by atoms with Crippen LogP contribution in [-0.2, 0) is 5.41 Å². The summed E-state index contributed by atoms with van der Waals surface area (Å²) in [5, 5.41) is 2.27. The first-order chi connectivity index (χ1) is 18.1. The van der Waals surface area contributed by atoms with Crippen molar-refractivity contribution in [1.82, 2.24) is 4.57 Å². The van der Waals surface area contributed by atoms with Crippen LogP contribution in [0.4, 0.5) is 0 Å². The van der Waals surface area contributed by atoms with Gasteiger partial charge < -0.3 is 8.98 Å². The molecular weight excluding hydrogens is 450 g/mol. The zero-order valence-electron chi connectivity index (χ0n) is 20.8. The second kappa shape index (κ2) is 7.24. The van der Waals surface area contributed by atoms with Crippen LogP contribution in [0.25, 0.3) is 60.9 Å². The lowest BCUT2D eigenvalue weighted by atomic mass is 9.79. The third-order valence-corrected chi connectivity index (χ3v) is 8.20. The van der Waals surface area contributed by atoms with E-state index in [1.807, 2.05) is 12.1 Å². The second-order valence-electron chi connectivity index (χ2n) is 10.6. The summed E-state index contributed by atoms with van der Waals surface area (Å²) >= 11 is 0. The number of hydrogen-bond acceptors (Lipinski definition) is 1. The summed E-state index contributed by atoms with van der Waals surface area (Å²) in [6, 6.07) is 41.4. The van der Waals surface area contributed by atoms with Crippen LogP contribution in [0.3, 0.4) is 0 Å². The molecule has 0 atom stereocenters. The Balaban J connectivity index is 1.33. The molecule has 7 aromatic rings. The van der Waals surface area contributed by atoms with E-state index >= 15 is 0 Å². The van der Waals surface area contributed by atoms with E-state index in [1.165, 1.54) is 33.4 Å². The first-order valence-electron chi connectivity index (χ1n) is 12.9. The molecule has 2 heteroatoms. The molecule has 0 fully saturated rings. The van der Waals surface area contributed by atoms with Gasteiger partial charge in [-0.2, -0.15) is 0 Å². The zero-order chi connectivity index (χ0) is 24.7. The maximum absolute atomic E-state index is 6.34. The minimum absolute atomic E-state index is 0.0420. The van der Waals surface area contributed by atoms with E-state index in [9.17, 15) is 0 Å². The zero-order valence-corrected chi connectivity index (χ0v) is 20.8. The van der Waals surface area contributed by atoms with E-state index in [1.54, 1.807) is 0 Å². The molecule has 176 valence electrons. The Labute approximate surface area is 215 Å². The predicted octanol–water partition coefficient (Wildman–Crippen LogP) is 9.50. The van der Waals surface area contributed by atoms with Crippen LogP contribution >= 0.6 is 0 Å². The Hall–Kier alpha value is -4.56. The number of benzene rings is 5. The minimum Gasteiger partial charge on any atom is -0.454 e. The van der Waals surface area contributed by atoms with Gasteiger partial charge >= 0.3 is 0 Å². The fourth-order valence-electron chi connectivity index (χ4n) is 6.56. The molecule has 2 heterocycles. The normalized spacial score (nSPS) is 13.9. The van der Waals surface area contributed by atoms with Gasteiger partial charge in [0, 0.05) is 21.9 Å². The number of aromatic nitrogens is 1. The van der Waals surface area contributed by atoms with Crippen LogP contribution in [0, 0.1) is 0 Å². The molecule has 2 aromatic heterocycles. The maximum Gasteiger partial charge on any atom is 0.161 e. The number of para-hydroxylation sites is 2. The average Bonchev–Trinajstić information content (AvgIpc) is 3.55. The Morgan fingerprint density at radius 3 is 2.14 bits per heavy atom. The molecule has 8 rings (SSSR count). The van der Waals surface area contributed by atoms with Crippen molar-refractivity contribution in [3.63, 3.8) is 0 Å². The molecule has 0 unspecified atom stereocenters. The molecule has 0 N–H and O–H groups in total. The molecule has 0 saturated carbocycles. The Bertz CT molecular complexity index is 1990. The van der Waals surface area contributed by atoms with Crippen molar-refractivity contribution in [2.75, 3.05) is 0 Å². The summed E-state index contributed by atoms with van der Waals surface area (Å²) < 4.78 is 8.69. The molecular formula is C35H25NO. The Morgan fingerprint density at radius 1 is 0.595 bits per heavy atom. The predicted molar refractivity (Wildman–Crippen MR) is 154 cm³/mol. The van der Waals surface area contributed by atoms with Crippen molar-refractivity contribution in [2.45, 2.75) is 19.3 Å². The van der Waals surface area contributed by atoms with E-state index < -0.39 is 0 Å². The van der Waals surface area contributed by atoms with Crippen molar-refractivity contribution in [3.05, 3.63) is 126 Å². The summed E-state index contributed by atoms with van der Waals surface area (Å²) in [5.74, 6) is 0. The highest BCUT2D eigenvalue weighted by Crippen LogP contribution is 2.52. The molecule has 0 bridgehead atoms.